The van der Waals surface area contributed by atoms with Gasteiger partial charge in [-0.2, -0.15) is 0 Å². The van der Waals surface area contributed by atoms with Crippen molar-refractivity contribution >= 4 is 0 Å². The van der Waals surface area contributed by atoms with E-state index in [2.05, 4.69) is 24.3 Å². The minimum absolute atomic E-state index is 0.495. The quantitative estimate of drug-likeness (QED) is 0.805. The van der Waals surface area contributed by atoms with Crippen LogP contribution in [0.25, 0.3) is 0 Å². The van der Waals surface area contributed by atoms with Crippen LogP contribution in [0.3, 0.4) is 0 Å². The number of nitrogens with two attached hydrogens (primary N) is 1. The van der Waals surface area contributed by atoms with Crippen molar-refractivity contribution < 1.29 is 0 Å². The molecule has 3 unspecified atom stereocenters. The second-order valence-electron chi connectivity index (χ2n) is 5.52. The third-order valence-electron chi connectivity index (χ3n) is 4.56. The molecule has 0 bridgehead atoms. The van der Waals surface area contributed by atoms with Gasteiger partial charge in [0, 0.05) is 6.04 Å². The summed E-state index contributed by atoms with van der Waals surface area (Å²) in [5.74, 6) is 1.59. The summed E-state index contributed by atoms with van der Waals surface area (Å²) >= 11 is 0. The maximum absolute atomic E-state index is 6.06. The summed E-state index contributed by atoms with van der Waals surface area (Å²) in [5.41, 5.74) is 9.27. The molecule has 1 saturated carbocycles. The van der Waals surface area contributed by atoms with Crippen LogP contribution in [0.4, 0.5) is 0 Å². The van der Waals surface area contributed by atoms with Gasteiger partial charge in [-0.15, -0.1) is 0 Å². The third-order valence-corrected chi connectivity index (χ3v) is 4.56. The molecule has 0 saturated heterocycles. The number of hydrogen-bond donors (Lipinski definition) is 1. The van der Waals surface area contributed by atoms with Gasteiger partial charge in [0.2, 0.25) is 0 Å². The van der Waals surface area contributed by atoms with Crippen molar-refractivity contribution in [3.63, 3.8) is 0 Å². The second-order valence-corrected chi connectivity index (χ2v) is 5.52. The summed E-state index contributed by atoms with van der Waals surface area (Å²) < 4.78 is 0. The van der Waals surface area contributed by atoms with Crippen molar-refractivity contribution in [1.82, 2.24) is 0 Å². The molecule has 3 rings (SSSR count). The SMILES string of the molecule is NC1CCC1CC1CCCc2ccccc21. The number of hydrogen-bond acceptors (Lipinski definition) is 1. The first kappa shape index (κ1) is 10.3. The number of fused-ring (bicyclic) bond motifs is 1. The van der Waals surface area contributed by atoms with Gasteiger partial charge in [0.25, 0.3) is 0 Å². The van der Waals surface area contributed by atoms with Gasteiger partial charge in [-0.25, -0.2) is 0 Å². The predicted molar refractivity (Wildman–Crippen MR) is 67.4 cm³/mol. The highest BCUT2D eigenvalue weighted by atomic mass is 14.7. The Labute approximate surface area is 98.0 Å². The molecule has 16 heavy (non-hydrogen) atoms. The normalized spacial score (nSPS) is 32.9. The lowest BCUT2D eigenvalue weighted by Crippen LogP contribution is -2.40. The molecule has 0 spiro atoms. The molecule has 86 valence electrons. The van der Waals surface area contributed by atoms with Crippen LogP contribution >= 0.6 is 0 Å². The highest BCUT2D eigenvalue weighted by Crippen LogP contribution is 2.40. The summed E-state index contributed by atoms with van der Waals surface area (Å²) in [7, 11) is 0. The van der Waals surface area contributed by atoms with E-state index in [4.69, 9.17) is 5.73 Å². The van der Waals surface area contributed by atoms with E-state index < -0.39 is 0 Å². The molecule has 2 aliphatic rings. The molecule has 2 aliphatic carbocycles. The Kier molecular flexibility index (Phi) is 2.72. The lowest BCUT2D eigenvalue weighted by atomic mass is 9.70. The molecule has 1 aromatic rings. The lowest BCUT2D eigenvalue weighted by molar-refractivity contribution is 0.220. The topological polar surface area (TPSA) is 26.0 Å². The molecule has 2 N–H and O–H groups in total. The van der Waals surface area contributed by atoms with Crippen LogP contribution in [0, 0.1) is 5.92 Å². The standard InChI is InChI=1S/C15H21N/c16-15-9-8-13(15)10-12-6-3-5-11-4-1-2-7-14(11)12/h1-2,4,7,12-13,15H,3,5-6,8-10,16H2. The molecular weight excluding hydrogens is 194 g/mol. The minimum atomic E-state index is 0.495. The van der Waals surface area contributed by atoms with Crippen LogP contribution in [0.15, 0.2) is 24.3 Å². The average molecular weight is 215 g/mol. The van der Waals surface area contributed by atoms with Crippen molar-refractivity contribution in [3.05, 3.63) is 35.4 Å². The highest BCUT2D eigenvalue weighted by molar-refractivity contribution is 5.32. The summed E-state index contributed by atoms with van der Waals surface area (Å²) in [6.07, 6.45) is 7.96. The van der Waals surface area contributed by atoms with Crippen LogP contribution in [0.1, 0.15) is 49.1 Å². The number of aryl methyl sites for hydroxylation is 1. The molecule has 1 aromatic carbocycles. The maximum Gasteiger partial charge on any atom is 0.00675 e. The summed E-state index contributed by atoms with van der Waals surface area (Å²) in [6.45, 7) is 0. The Bertz CT molecular complexity index is 371. The Morgan fingerprint density at radius 3 is 2.75 bits per heavy atom. The predicted octanol–water partition coefficient (Wildman–Crippen LogP) is 3.23. The van der Waals surface area contributed by atoms with Crippen molar-refractivity contribution in [2.45, 2.75) is 50.5 Å². The Balaban J connectivity index is 1.76. The van der Waals surface area contributed by atoms with Crippen LogP contribution < -0.4 is 5.73 Å². The van der Waals surface area contributed by atoms with Gasteiger partial charge in [-0.3, -0.25) is 0 Å². The molecule has 0 radical (unpaired) electrons. The largest absolute Gasteiger partial charge is 0.327 e. The molecule has 1 heteroatoms. The summed E-state index contributed by atoms with van der Waals surface area (Å²) in [4.78, 5) is 0. The molecule has 1 fully saturated rings. The molecule has 0 heterocycles. The number of rotatable bonds is 2. The minimum Gasteiger partial charge on any atom is -0.327 e. The van der Waals surface area contributed by atoms with Crippen LogP contribution in [-0.2, 0) is 6.42 Å². The monoisotopic (exact) mass is 215 g/mol. The Morgan fingerprint density at radius 1 is 1.12 bits per heavy atom. The fourth-order valence-electron chi connectivity index (χ4n) is 3.35. The molecule has 0 aromatic heterocycles. The van der Waals surface area contributed by atoms with Gasteiger partial charge >= 0.3 is 0 Å². The van der Waals surface area contributed by atoms with Crippen molar-refractivity contribution in [2.75, 3.05) is 0 Å². The average Bonchev–Trinajstić information content (AvgIpc) is 2.34. The fourth-order valence-corrected chi connectivity index (χ4v) is 3.35. The van der Waals surface area contributed by atoms with Crippen LogP contribution in [0.5, 0.6) is 0 Å². The summed E-state index contributed by atoms with van der Waals surface area (Å²) in [5, 5.41) is 0. The first-order valence-corrected chi connectivity index (χ1v) is 6.68. The zero-order valence-corrected chi connectivity index (χ0v) is 9.86. The van der Waals surface area contributed by atoms with E-state index in [-0.39, 0.29) is 0 Å². The first-order chi connectivity index (χ1) is 7.84. The summed E-state index contributed by atoms with van der Waals surface area (Å²) in [6, 6.07) is 9.51. The van der Waals surface area contributed by atoms with Crippen LogP contribution in [-0.4, -0.2) is 6.04 Å². The smallest absolute Gasteiger partial charge is 0.00675 e. The zero-order chi connectivity index (χ0) is 11.0. The third kappa shape index (κ3) is 1.78. The van der Waals surface area contributed by atoms with E-state index in [1.807, 2.05) is 0 Å². The van der Waals surface area contributed by atoms with Crippen LogP contribution in [0.2, 0.25) is 0 Å². The lowest BCUT2D eigenvalue weighted by Gasteiger charge is -2.37. The Morgan fingerprint density at radius 2 is 2.00 bits per heavy atom. The van der Waals surface area contributed by atoms with E-state index in [0.717, 1.165) is 11.8 Å². The zero-order valence-electron chi connectivity index (χ0n) is 9.86. The van der Waals surface area contributed by atoms with E-state index in [0.29, 0.717) is 6.04 Å². The van der Waals surface area contributed by atoms with E-state index in [9.17, 15) is 0 Å². The van der Waals surface area contributed by atoms with Gasteiger partial charge < -0.3 is 5.73 Å². The molecular formula is C15H21N. The number of benzene rings is 1. The second kappa shape index (κ2) is 4.21. The van der Waals surface area contributed by atoms with E-state index >= 15 is 0 Å². The molecule has 0 aliphatic heterocycles. The van der Waals surface area contributed by atoms with Gasteiger partial charge in [0.15, 0.2) is 0 Å². The molecule has 0 amide bonds. The van der Waals surface area contributed by atoms with Gasteiger partial charge in [-0.1, -0.05) is 24.3 Å². The van der Waals surface area contributed by atoms with Gasteiger partial charge in [0.1, 0.15) is 0 Å². The molecule has 1 nitrogen and oxygen atoms in total. The van der Waals surface area contributed by atoms with Gasteiger partial charge in [0.05, 0.1) is 0 Å². The van der Waals surface area contributed by atoms with Gasteiger partial charge in [-0.05, 0) is 61.5 Å². The molecule has 3 atom stereocenters. The van der Waals surface area contributed by atoms with Crippen molar-refractivity contribution in [2.24, 2.45) is 11.7 Å². The van der Waals surface area contributed by atoms with E-state index in [1.165, 1.54) is 38.5 Å². The van der Waals surface area contributed by atoms with E-state index in [1.54, 1.807) is 11.1 Å². The van der Waals surface area contributed by atoms with Crippen molar-refractivity contribution in [3.8, 4) is 0 Å². The van der Waals surface area contributed by atoms with Crippen molar-refractivity contribution in [1.29, 1.82) is 0 Å². The Hall–Kier alpha value is -0.820. The highest BCUT2D eigenvalue weighted by Gasteiger charge is 2.31. The first-order valence-electron chi connectivity index (χ1n) is 6.68. The maximum atomic E-state index is 6.06. The fraction of sp³-hybridized carbons (Fsp3) is 0.600.